The van der Waals surface area contributed by atoms with E-state index < -0.39 is 4.92 Å². The predicted octanol–water partition coefficient (Wildman–Crippen LogP) is 6.00. The summed E-state index contributed by atoms with van der Waals surface area (Å²) in [6.07, 6.45) is 7.44. The van der Waals surface area contributed by atoms with Crippen LogP contribution in [-0.2, 0) is 5.41 Å². The number of aromatic nitrogens is 1. The summed E-state index contributed by atoms with van der Waals surface area (Å²) in [5.41, 5.74) is 3.42. The van der Waals surface area contributed by atoms with Gasteiger partial charge in [0.2, 0.25) is 0 Å². The van der Waals surface area contributed by atoms with Gasteiger partial charge in [-0.3, -0.25) is 19.8 Å². The number of nitrogens with zero attached hydrogens (tertiary/aromatic N) is 4. The lowest BCUT2D eigenvalue weighted by atomic mass is 9.74. The summed E-state index contributed by atoms with van der Waals surface area (Å²) in [5.74, 6) is -0.0896. The Morgan fingerprint density at radius 3 is 2.53 bits per heavy atom. The maximum atomic E-state index is 13.4. The third-order valence-corrected chi connectivity index (χ3v) is 7.53. The van der Waals surface area contributed by atoms with Crippen LogP contribution < -0.4 is 4.90 Å². The van der Waals surface area contributed by atoms with E-state index in [9.17, 15) is 14.9 Å². The number of carbonyl (C=O) groups is 1. The van der Waals surface area contributed by atoms with Crippen LogP contribution in [0.2, 0.25) is 10.2 Å². The standard InChI is InChI=1S/C27H24Cl2N4O3/c28-21-5-8-24-23(17-21)27(18-32(24)26(34)20-9-12-30-25(29)16-20)10-14-31(15-11-27)13-1-2-19-3-6-22(7-4-19)33(35)36/h1-9,12,16-17H,10-11,13-15,18H2/b2-1+. The van der Waals surface area contributed by atoms with Crippen molar-refractivity contribution in [3.8, 4) is 0 Å². The fourth-order valence-electron chi connectivity index (χ4n) is 5.15. The van der Waals surface area contributed by atoms with Gasteiger partial charge in [0, 0.05) is 53.1 Å². The van der Waals surface area contributed by atoms with Gasteiger partial charge in [-0.05, 0) is 79.5 Å². The third kappa shape index (κ3) is 4.87. The van der Waals surface area contributed by atoms with E-state index in [4.69, 9.17) is 23.2 Å². The van der Waals surface area contributed by atoms with Crippen molar-refractivity contribution in [1.29, 1.82) is 0 Å². The number of benzene rings is 2. The zero-order chi connectivity index (χ0) is 25.3. The number of pyridine rings is 1. The van der Waals surface area contributed by atoms with Crippen molar-refractivity contribution in [2.24, 2.45) is 0 Å². The SMILES string of the molecule is O=C(c1ccnc(Cl)c1)N1CC2(CCN(C/C=C/c3ccc([N+](=O)[O-])cc3)CC2)c2cc(Cl)ccc21. The average Bonchev–Trinajstić information content (AvgIpc) is 3.18. The molecule has 9 heteroatoms. The van der Waals surface area contributed by atoms with Crippen LogP contribution in [0.1, 0.15) is 34.3 Å². The first-order valence-corrected chi connectivity index (χ1v) is 12.5. The average molecular weight is 523 g/mol. The number of nitro benzene ring substituents is 1. The highest BCUT2D eigenvalue weighted by Crippen LogP contribution is 2.48. The summed E-state index contributed by atoms with van der Waals surface area (Å²) < 4.78 is 0. The second-order valence-corrected chi connectivity index (χ2v) is 10.1. The molecule has 2 aliphatic heterocycles. The van der Waals surface area contributed by atoms with E-state index in [1.807, 2.05) is 29.2 Å². The van der Waals surface area contributed by atoms with Crippen molar-refractivity contribution < 1.29 is 9.72 Å². The minimum Gasteiger partial charge on any atom is -0.307 e. The summed E-state index contributed by atoms with van der Waals surface area (Å²) in [6.45, 7) is 3.17. The predicted molar refractivity (Wildman–Crippen MR) is 142 cm³/mol. The molecule has 1 fully saturated rings. The molecule has 1 spiro atoms. The number of anilines is 1. The van der Waals surface area contributed by atoms with Crippen LogP contribution in [0, 0.1) is 10.1 Å². The molecule has 1 aromatic heterocycles. The highest BCUT2D eigenvalue weighted by atomic mass is 35.5. The zero-order valence-electron chi connectivity index (χ0n) is 19.4. The molecule has 3 aromatic rings. The van der Waals surface area contributed by atoms with E-state index in [1.54, 1.807) is 30.5 Å². The normalized spacial score (nSPS) is 17.0. The minimum atomic E-state index is -0.397. The Hall–Kier alpha value is -3.26. The molecule has 1 saturated heterocycles. The maximum Gasteiger partial charge on any atom is 0.269 e. The first kappa shape index (κ1) is 24.4. The van der Waals surface area contributed by atoms with Crippen molar-refractivity contribution in [1.82, 2.24) is 9.88 Å². The van der Waals surface area contributed by atoms with E-state index in [2.05, 4.69) is 16.0 Å². The van der Waals surface area contributed by atoms with Crippen LogP contribution in [0.3, 0.4) is 0 Å². The Morgan fingerprint density at radius 2 is 1.83 bits per heavy atom. The Balaban J connectivity index is 1.28. The van der Waals surface area contributed by atoms with Crippen LogP contribution in [0.5, 0.6) is 0 Å². The van der Waals surface area contributed by atoms with E-state index in [-0.39, 0.29) is 17.0 Å². The quantitative estimate of drug-likeness (QED) is 0.233. The first-order chi connectivity index (χ1) is 17.3. The largest absolute Gasteiger partial charge is 0.307 e. The van der Waals surface area contributed by atoms with Gasteiger partial charge in [-0.1, -0.05) is 35.4 Å². The number of piperidine rings is 1. The number of rotatable bonds is 5. The second-order valence-electron chi connectivity index (χ2n) is 9.25. The maximum absolute atomic E-state index is 13.4. The van der Waals surface area contributed by atoms with Gasteiger partial charge in [-0.2, -0.15) is 0 Å². The molecule has 1 amide bonds. The number of amides is 1. The number of hydrogen-bond donors (Lipinski definition) is 0. The molecule has 0 atom stereocenters. The molecule has 184 valence electrons. The molecule has 0 bridgehead atoms. The van der Waals surface area contributed by atoms with Crippen molar-refractivity contribution >= 4 is 46.6 Å². The van der Waals surface area contributed by atoms with Crippen molar-refractivity contribution in [2.45, 2.75) is 18.3 Å². The molecule has 0 radical (unpaired) electrons. The molecule has 3 heterocycles. The molecular weight excluding hydrogens is 499 g/mol. The monoisotopic (exact) mass is 522 g/mol. The van der Waals surface area contributed by atoms with Gasteiger partial charge in [0.25, 0.3) is 11.6 Å². The van der Waals surface area contributed by atoms with Crippen molar-refractivity contribution in [2.75, 3.05) is 31.1 Å². The van der Waals surface area contributed by atoms with E-state index in [0.717, 1.165) is 49.3 Å². The molecular formula is C27H24Cl2N4O3. The number of hydrogen-bond acceptors (Lipinski definition) is 5. The van der Waals surface area contributed by atoms with Crippen molar-refractivity contribution in [3.63, 3.8) is 0 Å². The van der Waals surface area contributed by atoms with Crippen LogP contribution >= 0.6 is 23.2 Å². The second kappa shape index (κ2) is 10.0. The molecule has 5 rings (SSSR count). The number of non-ortho nitro benzene ring substituents is 1. The summed E-state index contributed by atoms with van der Waals surface area (Å²) in [4.78, 5) is 32.1. The Labute approximate surface area is 219 Å². The first-order valence-electron chi connectivity index (χ1n) is 11.7. The molecule has 0 aliphatic carbocycles. The van der Waals surface area contributed by atoms with E-state index in [0.29, 0.717) is 22.3 Å². The molecule has 0 N–H and O–H groups in total. The number of fused-ring (bicyclic) bond motifs is 2. The summed E-state index contributed by atoms with van der Waals surface area (Å²) >= 11 is 12.4. The Kier molecular flexibility index (Phi) is 6.79. The fraction of sp³-hybridized carbons (Fsp3) is 0.259. The lowest BCUT2D eigenvalue weighted by molar-refractivity contribution is -0.384. The van der Waals surface area contributed by atoms with Crippen LogP contribution in [0.25, 0.3) is 6.08 Å². The number of likely N-dealkylation sites (tertiary alicyclic amines) is 1. The molecule has 36 heavy (non-hydrogen) atoms. The van der Waals surface area contributed by atoms with Gasteiger partial charge in [0.15, 0.2) is 0 Å². The number of nitro groups is 1. The molecule has 7 nitrogen and oxygen atoms in total. The molecule has 2 aromatic carbocycles. The lowest BCUT2D eigenvalue weighted by Gasteiger charge is -2.39. The van der Waals surface area contributed by atoms with E-state index >= 15 is 0 Å². The van der Waals surface area contributed by atoms with E-state index in [1.165, 1.54) is 12.1 Å². The van der Waals surface area contributed by atoms with Gasteiger partial charge in [-0.15, -0.1) is 0 Å². The fourth-order valence-corrected chi connectivity index (χ4v) is 5.50. The zero-order valence-corrected chi connectivity index (χ0v) is 21.0. The Bertz CT molecular complexity index is 1340. The number of halogens is 2. The molecule has 0 unspecified atom stereocenters. The topological polar surface area (TPSA) is 79.6 Å². The van der Waals surface area contributed by atoms with Crippen LogP contribution in [0.15, 0.2) is 66.9 Å². The minimum absolute atomic E-state index is 0.0879. The van der Waals surface area contributed by atoms with Gasteiger partial charge >= 0.3 is 0 Å². The van der Waals surface area contributed by atoms with Crippen LogP contribution in [0.4, 0.5) is 11.4 Å². The Morgan fingerprint density at radius 1 is 1.08 bits per heavy atom. The van der Waals surface area contributed by atoms with Gasteiger partial charge in [-0.25, -0.2) is 4.98 Å². The van der Waals surface area contributed by atoms with Gasteiger partial charge < -0.3 is 4.90 Å². The van der Waals surface area contributed by atoms with Crippen molar-refractivity contribution in [3.05, 3.63) is 104 Å². The summed E-state index contributed by atoms with van der Waals surface area (Å²) in [6, 6.07) is 15.6. The lowest BCUT2D eigenvalue weighted by Crippen LogP contribution is -2.46. The number of carbonyl (C=O) groups excluding carboxylic acids is 1. The smallest absolute Gasteiger partial charge is 0.269 e. The molecule has 2 aliphatic rings. The third-order valence-electron chi connectivity index (χ3n) is 7.09. The highest BCUT2D eigenvalue weighted by molar-refractivity contribution is 6.31. The highest BCUT2D eigenvalue weighted by Gasteiger charge is 2.46. The van der Waals surface area contributed by atoms with Gasteiger partial charge in [0.05, 0.1) is 4.92 Å². The summed E-state index contributed by atoms with van der Waals surface area (Å²) in [7, 11) is 0. The molecule has 0 saturated carbocycles. The summed E-state index contributed by atoms with van der Waals surface area (Å²) in [5, 5.41) is 11.8. The van der Waals surface area contributed by atoms with Crippen LogP contribution in [-0.4, -0.2) is 46.9 Å². The van der Waals surface area contributed by atoms with Gasteiger partial charge in [0.1, 0.15) is 5.15 Å².